The van der Waals surface area contributed by atoms with Crippen LogP contribution in [0.15, 0.2) is 92.8 Å². The second kappa shape index (κ2) is 29.6. The van der Waals surface area contributed by atoms with Crippen molar-refractivity contribution in [1.82, 2.24) is 0 Å². The van der Waals surface area contributed by atoms with Gasteiger partial charge >= 0.3 is 33.0 Å². The zero-order valence-corrected chi connectivity index (χ0v) is 39.6. The Balaban J connectivity index is 0.00000129. The standard InChI is InChI=1S/C44H48N4O8.2CH2Cl2.2Ni/c49-41-13-9-33-21-29(41)25-45-37-5-1-2-6-38(37)46-26-30-22-34(10-14-42(30)50)54-19-20-56-36-12-16-44(52)32(24-36)28-48-40-8-4-3-7-39(40)47-27-31-23-35(11-15-43(31)51)55-18-17-53-33;2*2-1-3;;/h9-16,21-28,37-40,49-52H,1-8,17-20H2;2*1H2;;/q;;;2*+2/p-4/t37-,38-,39-,40-;;;;/m1..../s1. The van der Waals surface area contributed by atoms with Crippen LogP contribution < -0.4 is 39.4 Å². The Labute approximate surface area is 414 Å². The smallest absolute Gasteiger partial charge is 0.872 e. The molecule has 348 valence electrons. The van der Waals surface area contributed by atoms with Crippen LogP contribution in [0.25, 0.3) is 0 Å². The topological polar surface area (TPSA) is 179 Å². The number of aliphatic imine (C=N–C) groups is 4. The number of nitrogens with zero attached hydrogens (tertiary/aromatic N) is 4. The van der Waals surface area contributed by atoms with Crippen molar-refractivity contribution in [3.63, 3.8) is 0 Å². The molecule has 1 aliphatic heterocycles. The van der Waals surface area contributed by atoms with Crippen LogP contribution in [0.2, 0.25) is 0 Å². The van der Waals surface area contributed by atoms with Crippen molar-refractivity contribution >= 4 is 71.3 Å². The molecule has 4 atom stereocenters. The average molecular weight is 1040 g/mol. The molecule has 0 amide bonds. The molecule has 4 aromatic rings. The molecule has 0 saturated heterocycles. The first-order chi connectivity index (χ1) is 30.2. The molecular formula is C46H48Cl4N4Ni2O8. The summed E-state index contributed by atoms with van der Waals surface area (Å²) in [6.45, 7) is 0.804. The Hall–Kier alpha value is -3.89. The number of halogens is 4. The summed E-state index contributed by atoms with van der Waals surface area (Å²) in [7, 11) is 0. The van der Waals surface area contributed by atoms with E-state index < -0.39 is 0 Å². The van der Waals surface area contributed by atoms with E-state index in [1.807, 2.05) is 0 Å². The Morgan fingerprint density at radius 3 is 0.797 bits per heavy atom. The van der Waals surface area contributed by atoms with Crippen molar-refractivity contribution in [2.75, 3.05) is 37.1 Å². The number of rotatable bonds is 0. The second-order valence-corrected chi connectivity index (χ2v) is 16.0. The first kappa shape index (κ1) is 54.4. The molecule has 12 nitrogen and oxygen atoms in total. The molecule has 3 aliphatic rings. The van der Waals surface area contributed by atoms with Crippen LogP contribution in [0.4, 0.5) is 0 Å². The van der Waals surface area contributed by atoms with E-state index >= 15 is 0 Å². The van der Waals surface area contributed by atoms with E-state index in [9.17, 15) is 20.4 Å². The van der Waals surface area contributed by atoms with E-state index in [4.69, 9.17) is 85.3 Å². The van der Waals surface area contributed by atoms with Gasteiger partial charge in [0.15, 0.2) is 0 Å². The maximum absolute atomic E-state index is 12.7. The maximum atomic E-state index is 12.7. The van der Waals surface area contributed by atoms with Crippen LogP contribution in [0.5, 0.6) is 46.0 Å². The maximum Gasteiger partial charge on any atom is 2.00 e. The Bertz CT molecular complexity index is 1860. The van der Waals surface area contributed by atoms with Crippen molar-refractivity contribution in [1.29, 1.82) is 0 Å². The van der Waals surface area contributed by atoms with Gasteiger partial charge in [-0.05, 0) is 96.5 Å². The monoisotopic (exact) mass is 1040 g/mol. The van der Waals surface area contributed by atoms with Gasteiger partial charge in [-0.25, -0.2) is 0 Å². The largest absolute Gasteiger partial charge is 2.00 e. The van der Waals surface area contributed by atoms with Crippen LogP contribution >= 0.6 is 46.4 Å². The zero-order chi connectivity index (χ0) is 44.1. The van der Waals surface area contributed by atoms with Crippen LogP contribution in [0.3, 0.4) is 0 Å². The van der Waals surface area contributed by atoms with Gasteiger partial charge < -0.3 is 39.4 Å². The molecule has 8 bridgehead atoms. The summed E-state index contributed by atoms with van der Waals surface area (Å²) >= 11 is 19.1. The van der Waals surface area contributed by atoms with Crippen molar-refractivity contribution in [3.8, 4) is 46.0 Å². The number of fused-ring (bicyclic) bond motifs is 10. The van der Waals surface area contributed by atoms with Gasteiger partial charge in [0.25, 0.3) is 0 Å². The minimum Gasteiger partial charge on any atom is -0.872 e. The van der Waals surface area contributed by atoms with Crippen molar-refractivity contribution in [2.45, 2.75) is 75.5 Å². The molecule has 2 aliphatic carbocycles. The number of hydrogen-bond acceptors (Lipinski definition) is 12. The van der Waals surface area contributed by atoms with Gasteiger partial charge in [0.2, 0.25) is 0 Å². The minimum atomic E-state index is -0.174. The average Bonchev–Trinajstić information content (AvgIpc) is 3.27. The first-order valence-electron chi connectivity index (χ1n) is 20.3. The van der Waals surface area contributed by atoms with Crippen LogP contribution in [-0.2, 0) is 33.0 Å². The van der Waals surface area contributed by atoms with Crippen LogP contribution in [0, 0.1) is 0 Å². The summed E-state index contributed by atoms with van der Waals surface area (Å²) in [4.78, 5) is 19.1. The molecule has 2 fully saturated rings. The molecule has 4 aromatic carbocycles. The first-order valence-corrected chi connectivity index (χ1v) is 22.5. The fraction of sp³-hybridized carbons (Fsp3) is 0.391. The van der Waals surface area contributed by atoms with Gasteiger partial charge in [-0.3, -0.25) is 20.0 Å². The summed E-state index contributed by atoms with van der Waals surface area (Å²) in [6, 6.07) is 18.3. The molecule has 2 saturated carbocycles. The molecule has 0 spiro atoms. The summed E-state index contributed by atoms with van der Waals surface area (Å²) in [5.74, 6) is 1.31. The third-order valence-corrected chi connectivity index (χ3v) is 10.2. The fourth-order valence-corrected chi connectivity index (χ4v) is 7.09. The van der Waals surface area contributed by atoms with E-state index in [-0.39, 0.29) is 117 Å². The number of ether oxygens (including phenoxy) is 4. The van der Waals surface area contributed by atoms with Gasteiger partial charge in [0.1, 0.15) is 49.4 Å². The molecule has 1 heterocycles. The third kappa shape index (κ3) is 17.5. The van der Waals surface area contributed by atoms with Crippen LogP contribution in [0.1, 0.15) is 73.6 Å². The van der Waals surface area contributed by atoms with Crippen molar-refractivity contribution < 1.29 is 72.4 Å². The van der Waals surface area contributed by atoms with Gasteiger partial charge in [-0.1, -0.05) is 72.9 Å². The van der Waals surface area contributed by atoms with E-state index in [1.54, 1.807) is 73.4 Å². The summed E-state index contributed by atoms with van der Waals surface area (Å²) < 4.78 is 23.6. The fourth-order valence-electron chi connectivity index (χ4n) is 7.09. The Kier molecular flexibility index (Phi) is 25.2. The van der Waals surface area contributed by atoms with Crippen molar-refractivity contribution in [3.05, 3.63) is 95.1 Å². The predicted octanol–water partition coefficient (Wildman–Crippen LogP) is 7.75. The molecule has 64 heavy (non-hydrogen) atoms. The van der Waals surface area contributed by atoms with E-state index in [1.165, 1.54) is 24.3 Å². The van der Waals surface area contributed by atoms with E-state index in [0.29, 0.717) is 45.3 Å². The zero-order valence-electron chi connectivity index (χ0n) is 34.6. The molecule has 0 aromatic heterocycles. The quantitative estimate of drug-likeness (QED) is 0.127. The molecule has 7 rings (SSSR count). The second-order valence-electron chi connectivity index (χ2n) is 14.3. The summed E-state index contributed by atoms with van der Waals surface area (Å²) in [6.07, 6.45) is 13.5. The van der Waals surface area contributed by atoms with Gasteiger partial charge in [-0.15, -0.1) is 46.4 Å². The number of alkyl halides is 4. The van der Waals surface area contributed by atoms with Gasteiger partial charge in [-0.2, -0.15) is 0 Å². The van der Waals surface area contributed by atoms with Crippen molar-refractivity contribution in [2.24, 2.45) is 20.0 Å². The van der Waals surface area contributed by atoms with Gasteiger partial charge in [0, 0.05) is 24.9 Å². The van der Waals surface area contributed by atoms with E-state index in [0.717, 1.165) is 51.4 Å². The SMILES string of the molecule is ClCCl.ClCCl.[Ni+2].[Ni+2].[O-]c1ccc2cc1C=N[C@@H]1CCCC[C@H]1N=Cc1cc(ccc1[O-])OCCOc1ccc([O-])c(c1)C=N[C@@H]1CCCC[C@H]1N=Cc1cc(ccc1[O-])OCCO2. The van der Waals surface area contributed by atoms with Gasteiger partial charge in [0.05, 0.1) is 34.8 Å². The normalized spacial score (nSPS) is 19.8. The molecule has 0 unspecified atom stereocenters. The Morgan fingerprint density at radius 2 is 0.594 bits per heavy atom. The van der Waals surface area contributed by atoms with E-state index in [2.05, 4.69) is 0 Å². The molecule has 18 heteroatoms. The predicted molar refractivity (Wildman–Crippen MR) is 241 cm³/mol. The molecular weight excluding hydrogens is 996 g/mol. The minimum absolute atomic E-state index is 0. The summed E-state index contributed by atoms with van der Waals surface area (Å²) in [5.41, 5.74) is 1.62. The Morgan fingerprint density at radius 1 is 0.391 bits per heavy atom. The third-order valence-electron chi connectivity index (χ3n) is 10.2. The van der Waals surface area contributed by atoms with Crippen LogP contribution in [-0.4, -0.2) is 86.1 Å². The molecule has 0 N–H and O–H groups in total. The number of benzene rings is 4. The molecule has 0 radical (unpaired) electrons. The number of hydrogen-bond donors (Lipinski definition) is 0. The summed E-state index contributed by atoms with van der Waals surface area (Å²) in [5, 5.41) is 51.4.